The summed E-state index contributed by atoms with van der Waals surface area (Å²) >= 11 is 1.30. The third-order valence-electron chi connectivity index (χ3n) is 4.44. The van der Waals surface area contributed by atoms with E-state index in [9.17, 15) is 8.78 Å². The number of nitrogens with zero attached hydrogens (tertiary/aromatic N) is 4. The highest BCUT2D eigenvalue weighted by molar-refractivity contribution is 7.98. The van der Waals surface area contributed by atoms with Gasteiger partial charge >= 0.3 is 0 Å². The number of fused-ring (bicyclic) bond motifs is 1. The molecule has 1 atom stereocenters. The molecule has 132 valence electrons. The molecule has 0 fully saturated rings. The zero-order chi connectivity index (χ0) is 18.1. The Labute approximate surface area is 149 Å². The van der Waals surface area contributed by atoms with Gasteiger partial charge in [0.1, 0.15) is 18.0 Å². The number of rotatable bonds is 5. The summed E-state index contributed by atoms with van der Waals surface area (Å²) in [6.07, 6.45) is 4.79. The predicted octanol–water partition coefficient (Wildman–Crippen LogP) is 4.69. The summed E-state index contributed by atoms with van der Waals surface area (Å²) in [5, 5.41) is 4.22. The Morgan fingerprint density at radius 2 is 1.88 bits per heavy atom. The van der Waals surface area contributed by atoms with Gasteiger partial charge in [-0.25, -0.2) is 18.3 Å². The quantitative estimate of drug-likeness (QED) is 0.618. The zero-order valence-electron chi connectivity index (χ0n) is 14.7. The van der Waals surface area contributed by atoms with Crippen LogP contribution in [0.1, 0.15) is 31.7 Å². The van der Waals surface area contributed by atoms with E-state index in [0.717, 1.165) is 12.1 Å². The van der Waals surface area contributed by atoms with Crippen LogP contribution in [0, 0.1) is 24.5 Å². The van der Waals surface area contributed by atoms with Crippen molar-refractivity contribution in [2.24, 2.45) is 5.92 Å². The van der Waals surface area contributed by atoms with Crippen LogP contribution in [-0.2, 0) is 6.42 Å². The number of aromatic nitrogens is 4. The van der Waals surface area contributed by atoms with E-state index in [-0.39, 0.29) is 5.56 Å². The van der Waals surface area contributed by atoms with Crippen molar-refractivity contribution in [3.05, 3.63) is 41.5 Å². The lowest BCUT2D eigenvalue weighted by Gasteiger charge is -2.18. The fourth-order valence-electron chi connectivity index (χ4n) is 2.92. The fraction of sp³-hybridized carbons (Fsp3) is 0.389. The van der Waals surface area contributed by atoms with Gasteiger partial charge in [0.15, 0.2) is 0 Å². The molecule has 0 N–H and O–H groups in total. The van der Waals surface area contributed by atoms with Crippen molar-refractivity contribution < 1.29 is 8.78 Å². The summed E-state index contributed by atoms with van der Waals surface area (Å²) in [6, 6.07) is 2.72. The molecule has 7 heteroatoms. The Bertz CT molecular complexity index is 900. The number of hydrogen-bond acceptors (Lipinski definition) is 4. The van der Waals surface area contributed by atoms with Crippen LogP contribution in [0.15, 0.2) is 23.4 Å². The maximum atomic E-state index is 14.8. The number of thioether (sulfide) groups is 1. The molecular formula is C18H20F2N4S. The number of aryl methyl sites for hydroxylation is 1. The first-order valence-corrected chi connectivity index (χ1v) is 9.41. The molecular weight excluding hydrogens is 342 g/mol. The summed E-state index contributed by atoms with van der Waals surface area (Å²) < 4.78 is 31.1. The average Bonchev–Trinajstić information content (AvgIpc) is 3.04. The SMILES string of the molecule is CCC(C)Cc1c(-c2c(F)cc(SC)cc2F)c(C)nc2ncnn12. The fourth-order valence-corrected chi connectivity index (χ4v) is 3.36. The van der Waals surface area contributed by atoms with Gasteiger partial charge < -0.3 is 0 Å². The van der Waals surface area contributed by atoms with Crippen LogP contribution < -0.4 is 0 Å². The molecule has 0 aliphatic heterocycles. The van der Waals surface area contributed by atoms with Crippen molar-refractivity contribution in [3.63, 3.8) is 0 Å². The van der Waals surface area contributed by atoms with Gasteiger partial charge in [0, 0.05) is 10.5 Å². The van der Waals surface area contributed by atoms with Gasteiger partial charge in [0.2, 0.25) is 0 Å². The minimum Gasteiger partial charge on any atom is -0.216 e. The van der Waals surface area contributed by atoms with Crippen LogP contribution >= 0.6 is 11.8 Å². The highest BCUT2D eigenvalue weighted by Gasteiger charge is 2.23. The van der Waals surface area contributed by atoms with E-state index >= 15 is 0 Å². The third kappa shape index (κ3) is 3.25. The maximum absolute atomic E-state index is 14.8. The molecule has 0 bridgehead atoms. The molecule has 0 radical (unpaired) electrons. The molecule has 3 aromatic rings. The molecule has 0 spiro atoms. The molecule has 1 unspecified atom stereocenters. The molecule has 1 aromatic carbocycles. The van der Waals surface area contributed by atoms with Crippen LogP contribution in [-0.4, -0.2) is 25.8 Å². The molecule has 0 amide bonds. The highest BCUT2D eigenvalue weighted by atomic mass is 32.2. The topological polar surface area (TPSA) is 43.1 Å². The average molecular weight is 362 g/mol. The number of halogens is 2. The van der Waals surface area contributed by atoms with Gasteiger partial charge in [-0.3, -0.25) is 0 Å². The Morgan fingerprint density at radius 3 is 2.48 bits per heavy atom. The molecule has 0 aliphatic rings. The zero-order valence-corrected chi connectivity index (χ0v) is 15.5. The summed E-state index contributed by atoms with van der Waals surface area (Å²) in [5.41, 5.74) is 1.72. The van der Waals surface area contributed by atoms with Crippen LogP contribution in [0.2, 0.25) is 0 Å². The standard InChI is InChI=1S/C18H20F2N4S/c1-5-10(2)6-15-16(11(3)23-18-21-9-22-24(15)18)17-13(19)7-12(25-4)8-14(17)20/h7-10H,5-6H2,1-4H3. The van der Waals surface area contributed by atoms with E-state index in [0.29, 0.717) is 34.3 Å². The number of hydrogen-bond donors (Lipinski definition) is 0. The first kappa shape index (κ1) is 17.8. The lowest BCUT2D eigenvalue weighted by molar-refractivity contribution is 0.542. The molecule has 4 nitrogen and oxygen atoms in total. The van der Waals surface area contributed by atoms with Gasteiger partial charge in [-0.15, -0.1) is 11.8 Å². The van der Waals surface area contributed by atoms with Gasteiger partial charge in [0.05, 0.1) is 17.0 Å². The van der Waals surface area contributed by atoms with Crippen LogP contribution in [0.4, 0.5) is 8.78 Å². The highest BCUT2D eigenvalue weighted by Crippen LogP contribution is 2.35. The van der Waals surface area contributed by atoms with E-state index in [4.69, 9.17) is 0 Å². The van der Waals surface area contributed by atoms with Gasteiger partial charge in [-0.05, 0) is 37.7 Å². The summed E-state index contributed by atoms with van der Waals surface area (Å²) in [5.74, 6) is -0.385. The summed E-state index contributed by atoms with van der Waals surface area (Å²) in [4.78, 5) is 9.06. The minimum absolute atomic E-state index is 0.0431. The van der Waals surface area contributed by atoms with Crippen molar-refractivity contribution in [1.82, 2.24) is 19.6 Å². The molecule has 25 heavy (non-hydrogen) atoms. The minimum atomic E-state index is -0.584. The number of benzene rings is 1. The molecule has 0 saturated carbocycles. The Hall–Kier alpha value is -2.02. The first-order chi connectivity index (χ1) is 12.0. The largest absolute Gasteiger partial charge is 0.252 e. The smallest absolute Gasteiger partial charge is 0.216 e. The van der Waals surface area contributed by atoms with E-state index in [1.165, 1.54) is 30.2 Å². The Morgan fingerprint density at radius 1 is 1.20 bits per heavy atom. The normalized spacial score (nSPS) is 12.7. The summed E-state index contributed by atoms with van der Waals surface area (Å²) in [6.45, 7) is 5.95. The second kappa shape index (κ2) is 7.07. The molecule has 0 saturated heterocycles. The van der Waals surface area contributed by atoms with Gasteiger partial charge in [-0.2, -0.15) is 10.1 Å². The van der Waals surface area contributed by atoms with Gasteiger partial charge in [-0.1, -0.05) is 20.3 Å². The van der Waals surface area contributed by atoms with Crippen LogP contribution in [0.3, 0.4) is 0 Å². The van der Waals surface area contributed by atoms with E-state index in [2.05, 4.69) is 28.9 Å². The first-order valence-electron chi connectivity index (χ1n) is 8.18. The van der Waals surface area contributed by atoms with E-state index in [1.807, 2.05) is 0 Å². The van der Waals surface area contributed by atoms with Gasteiger partial charge in [0.25, 0.3) is 5.78 Å². The molecule has 0 aliphatic carbocycles. The molecule has 3 rings (SSSR count). The second-order valence-corrected chi connectivity index (χ2v) is 7.05. The third-order valence-corrected chi connectivity index (χ3v) is 5.15. The van der Waals surface area contributed by atoms with Crippen LogP contribution in [0.5, 0.6) is 0 Å². The lowest BCUT2D eigenvalue weighted by atomic mass is 9.94. The van der Waals surface area contributed by atoms with E-state index < -0.39 is 11.6 Å². The Kier molecular flexibility index (Phi) is 5.03. The van der Waals surface area contributed by atoms with Crippen molar-refractivity contribution in [3.8, 4) is 11.1 Å². The monoisotopic (exact) mass is 362 g/mol. The van der Waals surface area contributed by atoms with Crippen molar-refractivity contribution in [1.29, 1.82) is 0 Å². The van der Waals surface area contributed by atoms with Crippen molar-refractivity contribution in [2.75, 3.05) is 6.26 Å². The van der Waals surface area contributed by atoms with Crippen LogP contribution in [0.25, 0.3) is 16.9 Å². The molecule has 2 heterocycles. The second-order valence-electron chi connectivity index (χ2n) is 6.17. The molecule has 2 aromatic heterocycles. The van der Waals surface area contributed by atoms with E-state index in [1.54, 1.807) is 17.7 Å². The maximum Gasteiger partial charge on any atom is 0.252 e. The van der Waals surface area contributed by atoms with Crippen molar-refractivity contribution in [2.45, 2.75) is 38.5 Å². The lowest BCUT2D eigenvalue weighted by Crippen LogP contribution is -2.11. The summed E-state index contributed by atoms with van der Waals surface area (Å²) in [7, 11) is 0. The predicted molar refractivity (Wildman–Crippen MR) is 95.8 cm³/mol. The Balaban J connectivity index is 2.32. The van der Waals surface area contributed by atoms with Crippen molar-refractivity contribution >= 4 is 17.5 Å².